The van der Waals surface area contributed by atoms with Crippen molar-refractivity contribution < 1.29 is 4.79 Å². The van der Waals surface area contributed by atoms with Crippen LogP contribution in [0.15, 0.2) is 0 Å². The van der Waals surface area contributed by atoms with Gasteiger partial charge in [0.2, 0.25) is 5.91 Å². The number of piperidine rings is 1. The standard InChI is InChI=1S/C14H26N2O/c1-13(2)11(14(13,3)4)9-16-12(17)10-7-5-6-8-15-10/h10-11,15H,5-9H2,1-4H3,(H,16,17)/t10-/m1/s1. The summed E-state index contributed by atoms with van der Waals surface area (Å²) in [4.78, 5) is 12.0. The first-order chi connectivity index (χ1) is 7.87. The molecule has 1 aliphatic carbocycles. The van der Waals surface area contributed by atoms with E-state index in [2.05, 4.69) is 38.3 Å². The summed E-state index contributed by atoms with van der Waals surface area (Å²) < 4.78 is 0. The molecular formula is C14H26N2O. The molecule has 0 radical (unpaired) electrons. The SMILES string of the molecule is CC1(C)C(CNC(=O)[C@H]2CCCCN2)C1(C)C. The van der Waals surface area contributed by atoms with Crippen LogP contribution in [0.2, 0.25) is 0 Å². The summed E-state index contributed by atoms with van der Waals surface area (Å²) in [5.41, 5.74) is 0.723. The summed E-state index contributed by atoms with van der Waals surface area (Å²) in [5.74, 6) is 0.811. The zero-order valence-corrected chi connectivity index (χ0v) is 11.6. The van der Waals surface area contributed by atoms with E-state index in [0.717, 1.165) is 19.5 Å². The molecule has 1 saturated heterocycles. The van der Waals surface area contributed by atoms with Gasteiger partial charge in [-0.2, -0.15) is 0 Å². The smallest absolute Gasteiger partial charge is 0.237 e. The second-order valence-electron chi connectivity index (χ2n) is 6.74. The van der Waals surface area contributed by atoms with Crippen molar-refractivity contribution in [3.8, 4) is 0 Å². The van der Waals surface area contributed by atoms with Crippen molar-refractivity contribution in [3.63, 3.8) is 0 Å². The molecule has 0 aromatic carbocycles. The van der Waals surface area contributed by atoms with Crippen LogP contribution >= 0.6 is 0 Å². The van der Waals surface area contributed by atoms with Crippen LogP contribution in [0.3, 0.4) is 0 Å². The van der Waals surface area contributed by atoms with E-state index in [1.54, 1.807) is 0 Å². The van der Waals surface area contributed by atoms with Gasteiger partial charge in [0.15, 0.2) is 0 Å². The van der Waals surface area contributed by atoms with Gasteiger partial charge in [0.25, 0.3) is 0 Å². The third-order valence-electron chi connectivity index (χ3n) is 5.43. The van der Waals surface area contributed by atoms with Crippen LogP contribution in [0.4, 0.5) is 0 Å². The topological polar surface area (TPSA) is 41.1 Å². The molecule has 17 heavy (non-hydrogen) atoms. The molecule has 1 atom stereocenters. The number of nitrogens with one attached hydrogen (secondary N) is 2. The highest BCUT2D eigenvalue weighted by molar-refractivity contribution is 5.81. The third kappa shape index (κ3) is 2.22. The Bertz CT molecular complexity index is 289. The van der Waals surface area contributed by atoms with Gasteiger partial charge in [0, 0.05) is 6.54 Å². The lowest BCUT2D eigenvalue weighted by atomic mass is 10.0. The Kier molecular flexibility index (Phi) is 3.23. The maximum absolute atomic E-state index is 12.0. The molecule has 0 bridgehead atoms. The fourth-order valence-corrected chi connectivity index (χ4v) is 3.24. The molecule has 1 saturated carbocycles. The van der Waals surface area contributed by atoms with Crippen molar-refractivity contribution >= 4 is 5.91 Å². The van der Waals surface area contributed by atoms with Gasteiger partial charge in [0.05, 0.1) is 6.04 Å². The van der Waals surface area contributed by atoms with Crippen molar-refractivity contribution in [1.29, 1.82) is 0 Å². The largest absolute Gasteiger partial charge is 0.354 e. The van der Waals surface area contributed by atoms with E-state index in [0.29, 0.717) is 16.7 Å². The first-order valence-corrected chi connectivity index (χ1v) is 6.88. The second-order valence-corrected chi connectivity index (χ2v) is 6.74. The van der Waals surface area contributed by atoms with E-state index in [1.807, 2.05) is 0 Å². The van der Waals surface area contributed by atoms with Crippen molar-refractivity contribution in [2.24, 2.45) is 16.7 Å². The Labute approximate surface area is 105 Å². The number of carbonyl (C=O) groups is 1. The summed E-state index contributed by atoms with van der Waals surface area (Å²) in [6.07, 6.45) is 3.36. The quantitative estimate of drug-likeness (QED) is 0.789. The van der Waals surface area contributed by atoms with E-state index in [4.69, 9.17) is 0 Å². The summed E-state index contributed by atoms with van der Waals surface area (Å²) in [7, 11) is 0. The van der Waals surface area contributed by atoms with E-state index >= 15 is 0 Å². The number of carbonyl (C=O) groups excluding carboxylic acids is 1. The molecule has 1 heterocycles. The zero-order valence-electron chi connectivity index (χ0n) is 11.6. The van der Waals surface area contributed by atoms with Gasteiger partial charge in [-0.15, -0.1) is 0 Å². The van der Waals surface area contributed by atoms with Gasteiger partial charge >= 0.3 is 0 Å². The molecule has 3 nitrogen and oxygen atoms in total. The number of hydrogen-bond acceptors (Lipinski definition) is 2. The minimum atomic E-state index is 0.0497. The predicted octanol–water partition coefficient (Wildman–Crippen LogP) is 1.93. The summed E-state index contributed by atoms with van der Waals surface area (Å²) >= 11 is 0. The molecule has 98 valence electrons. The maximum atomic E-state index is 12.0. The summed E-state index contributed by atoms with van der Waals surface area (Å²) in [5, 5.41) is 6.42. The van der Waals surface area contributed by atoms with Crippen LogP contribution in [0, 0.1) is 16.7 Å². The number of amides is 1. The van der Waals surface area contributed by atoms with Crippen LogP contribution in [0.25, 0.3) is 0 Å². The fourth-order valence-electron chi connectivity index (χ4n) is 3.24. The molecule has 0 unspecified atom stereocenters. The Morgan fingerprint density at radius 3 is 2.35 bits per heavy atom. The van der Waals surface area contributed by atoms with Crippen LogP contribution in [0.1, 0.15) is 47.0 Å². The first-order valence-electron chi connectivity index (χ1n) is 6.88. The van der Waals surface area contributed by atoms with Crippen molar-refractivity contribution in [1.82, 2.24) is 10.6 Å². The van der Waals surface area contributed by atoms with Crippen molar-refractivity contribution in [2.45, 2.75) is 53.0 Å². The third-order valence-corrected chi connectivity index (χ3v) is 5.43. The number of hydrogen-bond donors (Lipinski definition) is 2. The molecule has 1 amide bonds. The van der Waals surface area contributed by atoms with Gasteiger partial charge in [-0.05, 0) is 36.1 Å². The Morgan fingerprint density at radius 1 is 1.24 bits per heavy atom. The molecule has 0 aromatic heterocycles. The normalized spacial score (nSPS) is 30.9. The van der Waals surface area contributed by atoms with Crippen molar-refractivity contribution in [2.75, 3.05) is 13.1 Å². The minimum Gasteiger partial charge on any atom is -0.354 e. The Hall–Kier alpha value is -0.570. The minimum absolute atomic E-state index is 0.0497. The average Bonchev–Trinajstić information content (AvgIpc) is 2.68. The molecule has 2 fully saturated rings. The highest BCUT2D eigenvalue weighted by atomic mass is 16.2. The van der Waals surface area contributed by atoms with Gasteiger partial charge in [0.1, 0.15) is 0 Å². The zero-order chi connectivity index (χ0) is 12.7. The second kappa shape index (κ2) is 4.27. The fraction of sp³-hybridized carbons (Fsp3) is 0.929. The van der Waals surface area contributed by atoms with Crippen LogP contribution in [-0.4, -0.2) is 25.0 Å². The van der Waals surface area contributed by atoms with Gasteiger partial charge in [-0.3, -0.25) is 4.79 Å². The molecule has 2 N–H and O–H groups in total. The molecule has 2 rings (SSSR count). The van der Waals surface area contributed by atoms with Crippen LogP contribution in [-0.2, 0) is 4.79 Å². The predicted molar refractivity (Wildman–Crippen MR) is 69.7 cm³/mol. The molecule has 2 aliphatic rings. The molecule has 1 aliphatic heterocycles. The van der Waals surface area contributed by atoms with Crippen LogP contribution in [0.5, 0.6) is 0 Å². The van der Waals surface area contributed by atoms with E-state index in [9.17, 15) is 4.79 Å². The van der Waals surface area contributed by atoms with Gasteiger partial charge in [-0.1, -0.05) is 34.1 Å². The molecule has 0 aromatic rings. The van der Waals surface area contributed by atoms with E-state index in [1.165, 1.54) is 12.8 Å². The number of rotatable bonds is 3. The van der Waals surface area contributed by atoms with Gasteiger partial charge < -0.3 is 10.6 Å². The first kappa shape index (κ1) is 12.9. The van der Waals surface area contributed by atoms with Crippen LogP contribution < -0.4 is 10.6 Å². The average molecular weight is 238 g/mol. The van der Waals surface area contributed by atoms with Gasteiger partial charge in [-0.25, -0.2) is 0 Å². The summed E-state index contributed by atoms with van der Waals surface area (Å²) in [6.45, 7) is 11.0. The highest BCUT2D eigenvalue weighted by Gasteiger charge is 2.64. The summed E-state index contributed by atoms with van der Waals surface area (Å²) in [6, 6.07) is 0.0497. The molecular weight excluding hydrogens is 212 g/mol. The lowest BCUT2D eigenvalue weighted by Crippen LogP contribution is -2.47. The Balaban J connectivity index is 1.78. The lowest BCUT2D eigenvalue weighted by Gasteiger charge is -2.22. The highest BCUT2D eigenvalue weighted by Crippen LogP contribution is 2.67. The van der Waals surface area contributed by atoms with Crippen molar-refractivity contribution in [3.05, 3.63) is 0 Å². The van der Waals surface area contributed by atoms with E-state index in [-0.39, 0.29) is 11.9 Å². The molecule has 0 spiro atoms. The monoisotopic (exact) mass is 238 g/mol. The lowest BCUT2D eigenvalue weighted by molar-refractivity contribution is -0.123. The molecule has 3 heteroatoms. The maximum Gasteiger partial charge on any atom is 0.237 e. The Morgan fingerprint density at radius 2 is 1.88 bits per heavy atom. The van der Waals surface area contributed by atoms with E-state index < -0.39 is 0 Å².